The van der Waals surface area contributed by atoms with Crippen LogP contribution in [0.4, 0.5) is 14.5 Å². The second-order valence-corrected chi connectivity index (χ2v) is 3.88. The summed E-state index contributed by atoms with van der Waals surface area (Å²) in [7, 11) is 1.15. The molecule has 0 bridgehead atoms. The Hall–Kier alpha value is -2.88. The number of hydrogen-bond acceptors (Lipinski definition) is 4. The number of carbonyl (C=O) groups excluding carboxylic acids is 1. The molecule has 0 aliphatic carbocycles. The first kappa shape index (κ1) is 13.5. The molecule has 0 unspecified atom stereocenters. The lowest BCUT2D eigenvalue weighted by atomic mass is 10.2. The van der Waals surface area contributed by atoms with Gasteiger partial charge in [0.25, 0.3) is 0 Å². The molecule has 1 heterocycles. The minimum Gasteiger partial charge on any atom is -0.464 e. The number of aromatic nitrogens is 1. The van der Waals surface area contributed by atoms with E-state index in [2.05, 4.69) is 4.74 Å². The Morgan fingerprint density at radius 3 is 2.65 bits per heavy atom. The lowest BCUT2D eigenvalue weighted by Gasteiger charge is -2.08. The number of anilines is 1. The Kier molecular flexibility index (Phi) is 3.39. The van der Waals surface area contributed by atoms with Gasteiger partial charge in [0.2, 0.25) is 0 Å². The molecule has 7 heteroatoms. The summed E-state index contributed by atoms with van der Waals surface area (Å²) >= 11 is 0. The fourth-order valence-electron chi connectivity index (χ4n) is 1.75. The molecule has 0 saturated carbocycles. The van der Waals surface area contributed by atoms with E-state index in [1.807, 2.05) is 6.07 Å². The molecule has 20 heavy (non-hydrogen) atoms. The summed E-state index contributed by atoms with van der Waals surface area (Å²) in [5.74, 6) is -2.88. The van der Waals surface area contributed by atoms with Gasteiger partial charge in [0, 0.05) is 18.0 Å². The zero-order valence-corrected chi connectivity index (χ0v) is 10.4. The number of nitrogen functional groups attached to an aromatic ring is 1. The normalized spacial score (nSPS) is 10.1. The quantitative estimate of drug-likeness (QED) is 0.851. The minimum atomic E-state index is -1.08. The van der Waals surface area contributed by atoms with Crippen LogP contribution < -0.4 is 5.73 Å². The lowest BCUT2D eigenvalue weighted by molar-refractivity contribution is 0.0593. The summed E-state index contributed by atoms with van der Waals surface area (Å²) in [4.78, 5) is 11.7. The predicted molar refractivity (Wildman–Crippen MR) is 66.2 cm³/mol. The maximum absolute atomic E-state index is 13.3. The van der Waals surface area contributed by atoms with E-state index in [-0.39, 0.29) is 22.6 Å². The number of halogens is 2. The summed E-state index contributed by atoms with van der Waals surface area (Å²) in [6, 6.07) is 4.87. The van der Waals surface area contributed by atoms with Crippen molar-refractivity contribution in [2.45, 2.75) is 0 Å². The molecule has 2 rings (SSSR count). The van der Waals surface area contributed by atoms with Gasteiger partial charge < -0.3 is 15.0 Å². The first-order valence-corrected chi connectivity index (χ1v) is 5.44. The fourth-order valence-corrected chi connectivity index (χ4v) is 1.75. The minimum absolute atomic E-state index is 0.0372. The third kappa shape index (κ3) is 2.07. The largest absolute Gasteiger partial charge is 0.464 e. The van der Waals surface area contributed by atoms with Crippen LogP contribution in [0.2, 0.25) is 0 Å². The Bertz CT molecular complexity index is 732. The number of nitrogens with zero attached hydrogens (tertiary/aromatic N) is 2. The standard InChI is InChI=1S/C13H9F2N3O2/c1-20-13(19)12-11(17)7(5-16)6-18(12)8-2-3-9(14)10(15)4-8/h2-4,6H,17H2,1H3. The summed E-state index contributed by atoms with van der Waals surface area (Å²) in [6.45, 7) is 0. The molecule has 0 aliphatic heterocycles. The van der Waals surface area contributed by atoms with Crippen molar-refractivity contribution in [3.63, 3.8) is 0 Å². The summed E-state index contributed by atoms with van der Waals surface area (Å²) in [5.41, 5.74) is 5.68. The van der Waals surface area contributed by atoms with Gasteiger partial charge in [0.05, 0.1) is 18.4 Å². The molecule has 2 aromatic rings. The number of nitrogens with two attached hydrogens (primary N) is 1. The molecule has 0 saturated heterocycles. The number of esters is 1. The van der Waals surface area contributed by atoms with Gasteiger partial charge in [-0.15, -0.1) is 0 Å². The lowest BCUT2D eigenvalue weighted by Crippen LogP contribution is -2.11. The van der Waals surface area contributed by atoms with Crippen LogP contribution in [0.3, 0.4) is 0 Å². The Morgan fingerprint density at radius 1 is 1.40 bits per heavy atom. The summed E-state index contributed by atoms with van der Waals surface area (Å²) in [6.07, 6.45) is 1.26. The molecule has 0 atom stereocenters. The van der Waals surface area contributed by atoms with Gasteiger partial charge in [0.15, 0.2) is 17.3 Å². The van der Waals surface area contributed by atoms with Gasteiger partial charge in [-0.25, -0.2) is 13.6 Å². The van der Waals surface area contributed by atoms with E-state index in [1.54, 1.807) is 0 Å². The van der Waals surface area contributed by atoms with Gasteiger partial charge in [-0.05, 0) is 12.1 Å². The topological polar surface area (TPSA) is 81.0 Å². The fraction of sp³-hybridized carbons (Fsp3) is 0.0769. The highest BCUT2D eigenvalue weighted by atomic mass is 19.2. The van der Waals surface area contributed by atoms with Gasteiger partial charge in [0.1, 0.15) is 6.07 Å². The average Bonchev–Trinajstić information content (AvgIpc) is 2.78. The van der Waals surface area contributed by atoms with Crippen molar-refractivity contribution in [1.82, 2.24) is 4.57 Å². The molecule has 0 spiro atoms. The second kappa shape index (κ2) is 5.01. The SMILES string of the molecule is COC(=O)c1c(N)c(C#N)cn1-c1ccc(F)c(F)c1. The molecule has 0 radical (unpaired) electrons. The maximum atomic E-state index is 13.3. The number of methoxy groups -OCH3 is 1. The van der Waals surface area contributed by atoms with Gasteiger partial charge in [-0.1, -0.05) is 0 Å². The Morgan fingerprint density at radius 2 is 2.10 bits per heavy atom. The van der Waals surface area contributed by atoms with E-state index >= 15 is 0 Å². The van der Waals surface area contributed by atoms with Crippen LogP contribution in [0.25, 0.3) is 5.69 Å². The number of carbonyl (C=O) groups is 1. The monoisotopic (exact) mass is 277 g/mol. The highest BCUT2D eigenvalue weighted by molar-refractivity contribution is 5.95. The average molecular weight is 277 g/mol. The van der Waals surface area contributed by atoms with Crippen LogP contribution in [0.15, 0.2) is 24.4 Å². The summed E-state index contributed by atoms with van der Waals surface area (Å²) in [5, 5.41) is 8.93. The van der Waals surface area contributed by atoms with Crippen molar-refractivity contribution >= 4 is 11.7 Å². The number of nitriles is 1. The Balaban J connectivity index is 2.70. The van der Waals surface area contributed by atoms with Crippen molar-refractivity contribution in [1.29, 1.82) is 5.26 Å². The number of ether oxygens (including phenoxy) is 1. The summed E-state index contributed by atoms with van der Waals surface area (Å²) < 4.78 is 32.0. The highest BCUT2D eigenvalue weighted by Gasteiger charge is 2.22. The third-order valence-corrected chi connectivity index (χ3v) is 2.72. The molecule has 1 aromatic carbocycles. The first-order chi connectivity index (χ1) is 9.49. The number of hydrogen-bond donors (Lipinski definition) is 1. The molecule has 5 nitrogen and oxygen atoms in total. The van der Waals surface area contributed by atoms with Gasteiger partial charge >= 0.3 is 5.97 Å². The second-order valence-electron chi connectivity index (χ2n) is 3.88. The molecule has 2 N–H and O–H groups in total. The molecule has 0 amide bonds. The molecular formula is C13H9F2N3O2. The maximum Gasteiger partial charge on any atom is 0.357 e. The zero-order chi connectivity index (χ0) is 14.9. The van der Waals surface area contributed by atoms with Crippen molar-refractivity contribution in [2.24, 2.45) is 0 Å². The van der Waals surface area contributed by atoms with Gasteiger partial charge in [-0.3, -0.25) is 0 Å². The molecule has 0 aliphatic rings. The Labute approximate surface area is 112 Å². The number of benzene rings is 1. The van der Waals surface area contributed by atoms with E-state index in [1.165, 1.54) is 16.8 Å². The van der Waals surface area contributed by atoms with E-state index in [4.69, 9.17) is 11.0 Å². The van der Waals surface area contributed by atoms with Crippen LogP contribution in [0.1, 0.15) is 16.1 Å². The van der Waals surface area contributed by atoms with Gasteiger partial charge in [-0.2, -0.15) is 5.26 Å². The molecular weight excluding hydrogens is 268 g/mol. The van der Waals surface area contributed by atoms with Crippen LogP contribution in [0, 0.1) is 23.0 Å². The van der Waals surface area contributed by atoms with Crippen molar-refractivity contribution < 1.29 is 18.3 Å². The van der Waals surface area contributed by atoms with E-state index in [9.17, 15) is 13.6 Å². The third-order valence-electron chi connectivity index (χ3n) is 2.72. The predicted octanol–water partition coefficient (Wildman–Crippen LogP) is 2.00. The van der Waals surface area contributed by atoms with E-state index in [0.29, 0.717) is 0 Å². The van der Waals surface area contributed by atoms with E-state index < -0.39 is 17.6 Å². The van der Waals surface area contributed by atoms with Crippen LogP contribution >= 0.6 is 0 Å². The highest BCUT2D eigenvalue weighted by Crippen LogP contribution is 2.25. The van der Waals surface area contributed by atoms with Crippen molar-refractivity contribution in [3.05, 3.63) is 47.3 Å². The molecule has 102 valence electrons. The van der Waals surface area contributed by atoms with Crippen LogP contribution in [0.5, 0.6) is 0 Å². The van der Waals surface area contributed by atoms with Crippen molar-refractivity contribution in [2.75, 3.05) is 12.8 Å². The molecule has 0 fully saturated rings. The zero-order valence-electron chi connectivity index (χ0n) is 10.4. The smallest absolute Gasteiger partial charge is 0.357 e. The first-order valence-electron chi connectivity index (χ1n) is 5.44. The molecule has 1 aromatic heterocycles. The number of rotatable bonds is 2. The van der Waals surface area contributed by atoms with Crippen LogP contribution in [-0.2, 0) is 4.74 Å². The van der Waals surface area contributed by atoms with Crippen molar-refractivity contribution in [3.8, 4) is 11.8 Å². The van der Waals surface area contributed by atoms with E-state index in [0.717, 1.165) is 19.2 Å². The van der Waals surface area contributed by atoms with Crippen LogP contribution in [-0.4, -0.2) is 17.6 Å².